The van der Waals surface area contributed by atoms with Crippen LogP contribution in [-0.4, -0.2) is 12.9 Å². The summed E-state index contributed by atoms with van der Waals surface area (Å²) < 4.78 is 12.1. The number of hydrogen-bond donors (Lipinski definition) is 0. The third kappa shape index (κ3) is 5.17. The van der Waals surface area contributed by atoms with Gasteiger partial charge >= 0.3 is 0 Å². The zero-order chi connectivity index (χ0) is 22.3. The van der Waals surface area contributed by atoms with Gasteiger partial charge in [-0.2, -0.15) is 0 Å². The lowest BCUT2D eigenvalue weighted by molar-refractivity contribution is 0.101. The van der Waals surface area contributed by atoms with Crippen LogP contribution in [0.2, 0.25) is 0 Å². The number of carbonyl (C=O) groups is 1. The molecule has 0 aliphatic heterocycles. The highest BCUT2D eigenvalue weighted by Crippen LogP contribution is 2.52. The Bertz CT molecular complexity index is 1010. The first-order valence-electron chi connectivity index (χ1n) is 10.8. The summed E-state index contributed by atoms with van der Waals surface area (Å²) in [7, 11) is 2.13. The van der Waals surface area contributed by atoms with Crippen LogP contribution >= 0.6 is 8.58 Å². The molecular formula is C27H31O3P. The van der Waals surface area contributed by atoms with E-state index in [0.717, 1.165) is 46.3 Å². The molecule has 0 radical (unpaired) electrons. The van der Waals surface area contributed by atoms with Gasteiger partial charge in [-0.25, -0.2) is 0 Å². The molecule has 0 saturated carbocycles. The molecule has 0 saturated heterocycles. The van der Waals surface area contributed by atoms with E-state index in [1.807, 2.05) is 48.5 Å². The number of ether oxygens (including phenoxy) is 2. The summed E-state index contributed by atoms with van der Waals surface area (Å²) in [5, 5.41) is 0.960. The van der Waals surface area contributed by atoms with Crippen molar-refractivity contribution in [2.24, 2.45) is 0 Å². The van der Waals surface area contributed by atoms with Crippen molar-refractivity contribution in [2.45, 2.75) is 45.4 Å². The van der Waals surface area contributed by atoms with Crippen molar-refractivity contribution in [3.8, 4) is 11.5 Å². The fourth-order valence-electron chi connectivity index (χ4n) is 3.96. The topological polar surface area (TPSA) is 35.5 Å². The number of ketones is 1. The molecule has 0 amide bonds. The highest BCUT2D eigenvalue weighted by Gasteiger charge is 2.34. The molecule has 0 spiro atoms. The summed E-state index contributed by atoms with van der Waals surface area (Å²) in [5.41, 5.74) is 3.06. The van der Waals surface area contributed by atoms with Crippen molar-refractivity contribution >= 4 is 19.7 Å². The summed E-state index contributed by atoms with van der Waals surface area (Å²) in [6.45, 7) is 6.55. The molecular weight excluding hydrogens is 403 g/mol. The molecule has 0 aromatic heterocycles. The number of rotatable bonds is 10. The third-order valence-corrected chi connectivity index (χ3v) is 7.99. The number of Topliss-reactive ketones (excluding diaryl/α,β-unsaturated/α-hetero) is 1. The molecule has 0 aliphatic carbocycles. The molecule has 4 heteroatoms. The summed E-state index contributed by atoms with van der Waals surface area (Å²) in [6, 6.07) is 24.3. The molecule has 0 N–H and O–H groups in total. The van der Waals surface area contributed by atoms with E-state index >= 15 is 0 Å². The van der Waals surface area contributed by atoms with Crippen molar-refractivity contribution in [3.63, 3.8) is 0 Å². The average molecular weight is 435 g/mol. The second-order valence-corrected chi connectivity index (χ2v) is 9.37. The molecule has 1 atom stereocenters. The zero-order valence-electron chi connectivity index (χ0n) is 18.8. The normalized spacial score (nSPS) is 11.6. The monoisotopic (exact) mass is 434 g/mol. The van der Waals surface area contributed by atoms with Gasteiger partial charge in [-0.05, 0) is 36.7 Å². The predicted octanol–water partition coefficient (Wildman–Crippen LogP) is 6.50. The van der Waals surface area contributed by atoms with Gasteiger partial charge in [0, 0.05) is 16.3 Å². The maximum Gasteiger partial charge on any atom is 0.165 e. The zero-order valence-corrected chi connectivity index (χ0v) is 19.8. The average Bonchev–Trinajstić information content (AvgIpc) is 2.82. The van der Waals surface area contributed by atoms with Crippen molar-refractivity contribution in [1.29, 1.82) is 0 Å². The highest BCUT2D eigenvalue weighted by atomic mass is 31.1. The second kappa shape index (κ2) is 10.6. The van der Waals surface area contributed by atoms with Crippen LogP contribution in [0.15, 0.2) is 72.8 Å². The number of benzene rings is 3. The van der Waals surface area contributed by atoms with Crippen molar-refractivity contribution in [3.05, 3.63) is 89.5 Å². The standard InChI is InChI=1S/C27H31O3P/c1-5-27(6-2,31-25-18-11-10-15-22(25)20(3)28)23-16-12-17-24(29-4)26(23)30-19-21-13-8-7-9-14-21/h7-18,31H,5-6,19H2,1-4H3. The minimum atomic E-state index is -0.147. The largest absolute Gasteiger partial charge is 0.493 e. The molecule has 0 heterocycles. The third-order valence-electron chi connectivity index (χ3n) is 5.83. The van der Waals surface area contributed by atoms with Crippen LogP contribution in [0.25, 0.3) is 0 Å². The van der Waals surface area contributed by atoms with E-state index in [-0.39, 0.29) is 10.9 Å². The molecule has 0 aliphatic rings. The molecule has 3 aromatic carbocycles. The fourth-order valence-corrected chi connectivity index (χ4v) is 5.74. The lowest BCUT2D eigenvalue weighted by atomic mass is 9.91. The van der Waals surface area contributed by atoms with Gasteiger partial charge < -0.3 is 9.47 Å². The Morgan fingerprint density at radius 1 is 0.903 bits per heavy atom. The Morgan fingerprint density at radius 3 is 2.23 bits per heavy atom. The van der Waals surface area contributed by atoms with Gasteiger partial charge in [-0.15, -0.1) is 0 Å². The SMILES string of the molecule is CCC(CC)(Pc1ccccc1C(C)=O)c1cccc(OC)c1OCc1ccccc1. The van der Waals surface area contributed by atoms with Gasteiger partial charge in [0.1, 0.15) is 6.61 Å². The summed E-state index contributed by atoms with van der Waals surface area (Å²) >= 11 is 0. The molecule has 3 rings (SSSR count). The van der Waals surface area contributed by atoms with E-state index in [0.29, 0.717) is 15.2 Å². The molecule has 1 unspecified atom stereocenters. The van der Waals surface area contributed by atoms with Crippen LogP contribution in [0.4, 0.5) is 0 Å². The Labute approximate surface area is 187 Å². The summed E-state index contributed by atoms with van der Waals surface area (Å²) in [5.74, 6) is 1.64. The van der Waals surface area contributed by atoms with E-state index in [9.17, 15) is 4.79 Å². The first-order valence-corrected chi connectivity index (χ1v) is 11.8. The first-order chi connectivity index (χ1) is 15.0. The van der Waals surface area contributed by atoms with Crippen LogP contribution in [0.3, 0.4) is 0 Å². The van der Waals surface area contributed by atoms with E-state index < -0.39 is 0 Å². The summed E-state index contributed by atoms with van der Waals surface area (Å²) in [6.07, 6.45) is 1.87. The molecule has 0 bridgehead atoms. The minimum absolute atomic E-state index is 0.107. The quantitative estimate of drug-likeness (QED) is 0.270. The lowest BCUT2D eigenvalue weighted by Gasteiger charge is -2.35. The van der Waals surface area contributed by atoms with E-state index in [4.69, 9.17) is 9.47 Å². The molecule has 31 heavy (non-hydrogen) atoms. The van der Waals surface area contributed by atoms with Gasteiger partial charge in [-0.1, -0.05) is 89.2 Å². The van der Waals surface area contributed by atoms with Crippen LogP contribution in [0.5, 0.6) is 11.5 Å². The number of para-hydroxylation sites is 1. The van der Waals surface area contributed by atoms with E-state index in [1.165, 1.54) is 0 Å². The van der Waals surface area contributed by atoms with Crippen LogP contribution in [0.1, 0.15) is 55.1 Å². The number of methoxy groups -OCH3 is 1. The Balaban J connectivity index is 2.05. The maximum atomic E-state index is 12.3. The van der Waals surface area contributed by atoms with Gasteiger partial charge in [0.15, 0.2) is 17.3 Å². The van der Waals surface area contributed by atoms with Crippen LogP contribution in [-0.2, 0) is 11.8 Å². The number of hydrogen-bond acceptors (Lipinski definition) is 3. The second-order valence-electron chi connectivity index (χ2n) is 7.63. The Hall–Kier alpha value is -2.64. The molecule has 3 nitrogen and oxygen atoms in total. The van der Waals surface area contributed by atoms with E-state index in [1.54, 1.807) is 14.0 Å². The van der Waals surface area contributed by atoms with Crippen molar-refractivity contribution in [2.75, 3.05) is 7.11 Å². The lowest BCUT2D eigenvalue weighted by Crippen LogP contribution is -2.24. The Kier molecular flexibility index (Phi) is 7.87. The summed E-state index contributed by atoms with van der Waals surface area (Å²) in [4.78, 5) is 12.3. The maximum absolute atomic E-state index is 12.3. The van der Waals surface area contributed by atoms with E-state index in [2.05, 4.69) is 38.1 Å². The van der Waals surface area contributed by atoms with Crippen LogP contribution < -0.4 is 14.8 Å². The molecule has 0 fully saturated rings. The van der Waals surface area contributed by atoms with Gasteiger partial charge in [0.05, 0.1) is 7.11 Å². The van der Waals surface area contributed by atoms with Crippen molar-refractivity contribution in [1.82, 2.24) is 0 Å². The highest BCUT2D eigenvalue weighted by molar-refractivity contribution is 7.48. The van der Waals surface area contributed by atoms with Crippen LogP contribution in [0, 0.1) is 0 Å². The predicted molar refractivity (Wildman–Crippen MR) is 130 cm³/mol. The van der Waals surface area contributed by atoms with Gasteiger partial charge in [-0.3, -0.25) is 4.79 Å². The van der Waals surface area contributed by atoms with Gasteiger partial charge in [0.2, 0.25) is 0 Å². The fraction of sp³-hybridized carbons (Fsp3) is 0.296. The van der Waals surface area contributed by atoms with Gasteiger partial charge in [0.25, 0.3) is 0 Å². The molecule has 162 valence electrons. The van der Waals surface area contributed by atoms with Crippen molar-refractivity contribution < 1.29 is 14.3 Å². The smallest absolute Gasteiger partial charge is 0.165 e. The Morgan fingerprint density at radius 2 is 1.58 bits per heavy atom. The minimum Gasteiger partial charge on any atom is -0.493 e. The molecule has 3 aromatic rings. The first kappa shape index (κ1) is 23.0. The number of carbonyl (C=O) groups excluding carboxylic acids is 1.